The molecule has 0 spiro atoms. The molecule has 4 nitrogen and oxygen atoms in total. The van der Waals surface area contributed by atoms with Crippen molar-refractivity contribution < 1.29 is 9.59 Å². The zero-order valence-electron chi connectivity index (χ0n) is 18.9. The number of nitrogens with zero attached hydrogens (tertiary/aromatic N) is 2. The van der Waals surface area contributed by atoms with Crippen LogP contribution in [0.3, 0.4) is 0 Å². The molecule has 1 aliphatic rings. The summed E-state index contributed by atoms with van der Waals surface area (Å²) in [6.07, 6.45) is 6.18. The van der Waals surface area contributed by atoms with Crippen LogP contribution < -0.4 is 0 Å². The molecule has 174 valence electrons. The van der Waals surface area contributed by atoms with Crippen molar-refractivity contribution in [2.75, 3.05) is 19.6 Å². The van der Waals surface area contributed by atoms with E-state index in [1.54, 1.807) is 22.3 Å². The predicted octanol–water partition coefficient (Wildman–Crippen LogP) is 6.74. The molecule has 0 N–H and O–H groups in total. The molecule has 7 heteroatoms. The van der Waals surface area contributed by atoms with Crippen LogP contribution in [0.1, 0.15) is 74.4 Å². The Bertz CT molecular complexity index is 930. The Morgan fingerprint density at radius 2 is 1.88 bits per heavy atom. The first-order valence-corrected chi connectivity index (χ1v) is 13.2. The Morgan fingerprint density at radius 1 is 1.09 bits per heavy atom. The van der Waals surface area contributed by atoms with Crippen molar-refractivity contribution >= 4 is 46.4 Å². The predicted molar refractivity (Wildman–Crippen MR) is 134 cm³/mol. The minimum absolute atomic E-state index is 0.0298. The number of benzene rings is 1. The van der Waals surface area contributed by atoms with Gasteiger partial charge in [0.05, 0.1) is 12.6 Å². The fourth-order valence-electron chi connectivity index (χ4n) is 4.22. The van der Waals surface area contributed by atoms with Crippen LogP contribution in [-0.2, 0) is 16.0 Å². The average molecular weight is 496 g/mol. The standard InChI is InChI=1S/C25H32Cl2N2O2S/c1-3-5-7-8-23(30)28(13-6-4-2)17-24(31)29-14-11-22-20(12-15-32-22)25(29)19-10-9-18(26)16-21(19)27/h9-10,12,15-16,25H,3-8,11,13-14,17H2,1-2H3. The Hall–Kier alpha value is -1.56. The molecule has 0 saturated carbocycles. The quantitative estimate of drug-likeness (QED) is 0.343. The molecule has 1 atom stereocenters. The lowest BCUT2D eigenvalue weighted by Gasteiger charge is -2.38. The fraction of sp³-hybridized carbons (Fsp3) is 0.520. The number of amides is 2. The largest absolute Gasteiger partial charge is 0.333 e. The lowest BCUT2D eigenvalue weighted by atomic mass is 9.93. The summed E-state index contributed by atoms with van der Waals surface area (Å²) in [6.45, 7) is 5.58. The van der Waals surface area contributed by atoms with Gasteiger partial charge in [-0.1, -0.05) is 62.4 Å². The van der Waals surface area contributed by atoms with Crippen molar-refractivity contribution in [3.63, 3.8) is 0 Å². The Morgan fingerprint density at radius 3 is 2.59 bits per heavy atom. The van der Waals surface area contributed by atoms with Crippen molar-refractivity contribution in [3.05, 3.63) is 55.7 Å². The van der Waals surface area contributed by atoms with Gasteiger partial charge < -0.3 is 9.80 Å². The maximum absolute atomic E-state index is 13.6. The van der Waals surface area contributed by atoms with E-state index in [-0.39, 0.29) is 24.4 Å². The molecule has 2 aromatic rings. The zero-order chi connectivity index (χ0) is 23.1. The second-order valence-corrected chi connectivity index (χ2v) is 10.2. The van der Waals surface area contributed by atoms with Gasteiger partial charge in [-0.15, -0.1) is 11.3 Å². The minimum Gasteiger partial charge on any atom is -0.333 e. The van der Waals surface area contributed by atoms with Crippen LogP contribution in [0, 0.1) is 0 Å². The third-order valence-corrected chi connectivity index (χ3v) is 7.56. The number of halogens is 2. The van der Waals surface area contributed by atoms with E-state index in [0.717, 1.165) is 49.7 Å². The third-order valence-electron chi connectivity index (χ3n) is 6.00. The van der Waals surface area contributed by atoms with Crippen LogP contribution in [0.25, 0.3) is 0 Å². The van der Waals surface area contributed by atoms with E-state index >= 15 is 0 Å². The van der Waals surface area contributed by atoms with E-state index in [1.807, 2.05) is 17.0 Å². The Labute approximate surface area is 205 Å². The van der Waals surface area contributed by atoms with Gasteiger partial charge >= 0.3 is 0 Å². The highest BCUT2D eigenvalue weighted by atomic mass is 35.5. The molecule has 32 heavy (non-hydrogen) atoms. The van der Waals surface area contributed by atoms with Crippen LogP contribution >= 0.6 is 34.5 Å². The molecule has 2 heterocycles. The van der Waals surface area contributed by atoms with Crippen LogP contribution in [0.2, 0.25) is 10.0 Å². The number of fused-ring (bicyclic) bond motifs is 1. The van der Waals surface area contributed by atoms with Gasteiger partial charge in [-0.2, -0.15) is 0 Å². The van der Waals surface area contributed by atoms with Crippen molar-refractivity contribution in [1.82, 2.24) is 9.80 Å². The molecule has 0 fully saturated rings. The van der Waals surface area contributed by atoms with Gasteiger partial charge in [-0.25, -0.2) is 0 Å². The van der Waals surface area contributed by atoms with Crippen LogP contribution in [0.4, 0.5) is 0 Å². The highest BCUT2D eigenvalue weighted by Crippen LogP contribution is 2.41. The number of carbonyl (C=O) groups excluding carboxylic acids is 2. The molecule has 0 radical (unpaired) electrons. The number of carbonyl (C=O) groups is 2. The first-order valence-electron chi connectivity index (χ1n) is 11.5. The first-order chi connectivity index (χ1) is 15.5. The summed E-state index contributed by atoms with van der Waals surface area (Å²) in [7, 11) is 0. The van der Waals surface area contributed by atoms with E-state index in [4.69, 9.17) is 23.2 Å². The van der Waals surface area contributed by atoms with Crippen molar-refractivity contribution in [2.24, 2.45) is 0 Å². The maximum atomic E-state index is 13.6. The fourth-order valence-corrected chi connectivity index (χ4v) is 5.64. The molecule has 1 aromatic carbocycles. The van der Waals surface area contributed by atoms with E-state index in [2.05, 4.69) is 25.3 Å². The molecule has 2 amide bonds. The Kier molecular flexibility index (Phi) is 9.45. The second-order valence-electron chi connectivity index (χ2n) is 8.33. The maximum Gasteiger partial charge on any atom is 0.242 e. The summed E-state index contributed by atoms with van der Waals surface area (Å²) in [5.41, 5.74) is 1.99. The van der Waals surface area contributed by atoms with Crippen LogP contribution in [0.15, 0.2) is 29.6 Å². The van der Waals surface area contributed by atoms with Gasteiger partial charge in [0.15, 0.2) is 0 Å². The molecule has 0 bridgehead atoms. The van der Waals surface area contributed by atoms with Gasteiger partial charge in [-0.3, -0.25) is 9.59 Å². The zero-order valence-corrected chi connectivity index (χ0v) is 21.2. The number of hydrogen-bond acceptors (Lipinski definition) is 3. The van der Waals surface area contributed by atoms with E-state index in [1.165, 1.54) is 4.88 Å². The van der Waals surface area contributed by atoms with Gasteiger partial charge in [0.25, 0.3) is 0 Å². The Balaban J connectivity index is 1.84. The lowest BCUT2D eigenvalue weighted by molar-refractivity contribution is -0.141. The molecule has 3 rings (SSSR count). The van der Waals surface area contributed by atoms with Gasteiger partial charge in [-0.05, 0) is 54.0 Å². The molecule has 1 unspecified atom stereocenters. The highest BCUT2D eigenvalue weighted by Gasteiger charge is 2.35. The summed E-state index contributed by atoms with van der Waals surface area (Å²) in [4.78, 5) is 31.4. The van der Waals surface area contributed by atoms with Gasteiger partial charge in [0, 0.05) is 34.4 Å². The topological polar surface area (TPSA) is 40.6 Å². The van der Waals surface area contributed by atoms with E-state index < -0.39 is 0 Å². The lowest BCUT2D eigenvalue weighted by Crippen LogP contribution is -2.47. The number of rotatable bonds is 10. The molecular formula is C25H32Cl2N2O2S. The molecule has 0 aliphatic carbocycles. The summed E-state index contributed by atoms with van der Waals surface area (Å²) in [6, 6.07) is 7.28. The van der Waals surface area contributed by atoms with Gasteiger partial charge in [0.1, 0.15) is 0 Å². The summed E-state index contributed by atoms with van der Waals surface area (Å²) < 4.78 is 0. The number of unbranched alkanes of at least 4 members (excludes halogenated alkanes) is 3. The molecule has 1 aliphatic heterocycles. The van der Waals surface area contributed by atoms with E-state index in [0.29, 0.717) is 29.6 Å². The van der Waals surface area contributed by atoms with E-state index in [9.17, 15) is 9.59 Å². The summed E-state index contributed by atoms with van der Waals surface area (Å²) >= 11 is 14.4. The number of thiophene rings is 1. The van der Waals surface area contributed by atoms with Crippen LogP contribution in [0.5, 0.6) is 0 Å². The molecule has 0 saturated heterocycles. The molecular weight excluding hydrogens is 463 g/mol. The first kappa shape index (κ1) is 25.1. The van der Waals surface area contributed by atoms with Crippen LogP contribution in [-0.4, -0.2) is 41.2 Å². The normalized spacial score (nSPS) is 15.5. The third kappa shape index (κ3) is 6.06. The summed E-state index contributed by atoms with van der Waals surface area (Å²) in [5.74, 6) is 0.0485. The monoisotopic (exact) mass is 494 g/mol. The van der Waals surface area contributed by atoms with Gasteiger partial charge in [0.2, 0.25) is 11.8 Å². The minimum atomic E-state index is -0.259. The van der Waals surface area contributed by atoms with Crippen molar-refractivity contribution in [2.45, 2.75) is 64.8 Å². The van der Waals surface area contributed by atoms with Crippen molar-refractivity contribution in [1.29, 1.82) is 0 Å². The highest BCUT2D eigenvalue weighted by molar-refractivity contribution is 7.10. The molecule has 1 aromatic heterocycles. The average Bonchev–Trinajstić information content (AvgIpc) is 3.25. The summed E-state index contributed by atoms with van der Waals surface area (Å²) in [5, 5.41) is 3.19. The SMILES string of the molecule is CCCCCC(=O)N(CCCC)CC(=O)N1CCc2sccc2C1c1ccc(Cl)cc1Cl. The number of hydrogen-bond donors (Lipinski definition) is 0. The van der Waals surface area contributed by atoms with Crippen molar-refractivity contribution in [3.8, 4) is 0 Å². The second kappa shape index (κ2) is 12.1. The smallest absolute Gasteiger partial charge is 0.242 e.